The molecule has 1 fully saturated rings. The van der Waals surface area contributed by atoms with Gasteiger partial charge in [0.25, 0.3) is 0 Å². The molecule has 3 heteroatoms. The third-order valence-corrected chi connectivity index (χ3v) is 3.13. The number of carbonyl (C=O) groups excluding carboxylic acids is 2. The third kappa shape index (κ3) is 3.65. The highest BCUT2D eigenvalue weighted by Gasteiger charge is 2.31. The fraction of sp³-hybridized carbons (Fsp3) is 0.833. The van der Waals surface area contributed by atoms with E-state index >= 15 is 0 Å². The van der Waals surface area contributed by atoms with Crippen molar-refractivity contribution in [2.75, 3.05) is 6.54 Å². The molecule has 2 atom stereocenters. The lowest BCUT2D eigenvalue weighted by atomic mass is 9.94. The summed E-state index contributed by atoms with van der Waals surface area (Å²) in [6, 6.07) is 0. The molecule has 1 amide bonds. The van der Waals surface area contributed by atoms with Crippen molar-refractivity contribution in [3.63, 3.8) is 0 Å². The Morgan fingerprint density at radius 2 is 2.20 bits per heavy atom. The largest absolute Gasteiger partial charge is 0.356 e. The van der Waals surface area contributed by atoms with Gasteiger partial charge in [-0.1, -0.05) is 20.8 Å². The zero-order valence-corrected chi connectivity index (χ0v) is 9.88. The van der Waals surface area contributed by atoms with Crippen molar-refractivity contribution in [1.29, 1.82) is 0 Å². The molecule has 0 saturated heterocycles. The number of hydrogen-bond donors (Lipinski definition) is 1. The van der Waals surface area contributed by atoms with Crippen LogP contribution in [0.25, 0.3) is 0 Å². The molecule has 0 unspecified atom stereocenters. The Hall–Kier alpha value is -0.860. The van der Waals surface area contributed by atoms with Gasteiger partial charge in [0.05, 0.1) is 0 Å². The lowest BCUT2D eigenvalue weighted by Crippen LogP contribution is -2.29. The molecular weight excluding hydrogens is 190 g/mol. The number of amides is 1. The molecule has 0 radical (unpaired) electrons. The standard InChI is InChI=1S/C12H21NO2/c1-8(2)7-13-12(15)6-10-4-5-11(14)9(10)3/h8-10H,4-7H2,1-3H3,(H,13,15)/t9-,10+/m1/s1. The van der Waals surface area contributed by atoms with Crippen LogP contribution in [-0.4, -0.2) is 18.2 Å². The summed E-state index contributed by atoms with van der Waals surface area (Å²) in [6.07, 6.45) is 2.05. The van der Waals surface area contributed by atoms with Gasteiger partial charge in [-0.2, -0.15) is 0 Å². The van der Waals surface area contributed by atoms with Crippen LogP contribution in [0.4, 0.5) is 0 Å². The molecule has 86 valence electrons. The number of nitrogens with one attached hydrogen (secondary N) is 1. The van der Waals surface area contributed by atoms with Crippen LogP contribution in [-0.2, 0) is 9.59 Å². The number of hydrogen-bond acceptors (Lipinski definition) is 2. The van der Waals surface area contributed by atoms with Gasteiger partial charge in [-0.15, -0.1) is 0 Å². The summed E-state index contributed by atoms with van der Waals surface area (Å²) in [4.78, 5) is 22.8. The maximum atomic E-state index is 11.5. The second kappa shape index (κ2) is 5.29. The minimum Gasteiger partial charge on any atom is -0.356 e. The van der Waals surface area contributed by atoms with Crippen LogP contribution < -0.4 is 5.32 Å². The van der Waals surface area contributed by atoms with Crippen molar-refractivity contribution in [2.45, 2.75) is 40.0 Å². The molecule has 3 nitrogen and oxygen atoms in total. The molecule has 0 aromatic heterocycles. The van der Waals surface area contributed by atoms with Crippen molar-refractivity contribution >= 4 is 11.7 Å². The first-order valence-corrected chi connectivity index (χ1v) is 5.80. The third-order valence-electron chi connectivity index (χ3n) is 3.13. The van der Waals surface area contributed by atoms with Gasteiger partial charge in [0.1, 0.15) is 5.78 Å². The Morgan fingerprint density at radius 3 is 2.67 bits per heavy atom. The summed E-state index contributed by atoms with van der Waals surface area (Å²) in [5, 5.41) is 2.89. The monoisotopic (exact) mass is 211 g/mol. The van der Waals surface area contributed by atoms with Crippen molar-refractivity contribution in [2.24, 2.45) is 17.8 Å². The van der Waals surface area contributed by atoms with Crippen molar-refractivity contribution in [3.8, 4) is 0 Å². The summed E-state index contributed by atoms with van der Waals surface area (Å²) >= 11 is 0. The molecule has 1 aliphatic rings. The highest BCUT2D eigenvalue weighted by Crippen LogP contribution is 2.30. The van der Waals surface area contributed by atoms with E-state index in [1.54, 1.807) is 0 Å². The maximum Gasteiger partial charge on any atom is 0.220 e. The van der Waals surface area contributed by atoms with E-state index in [1.165, 1.54) is 0 Å². The quantitative estimate of drug-likeness (QED) is 0.770. The molecule has 15 heavy (non-hydrogen) atoms. The van der Waals surface area contributed by atoms with E-state index in [0.717, 1.165) is 13.0 Å². The van der Waals surface area contributed by atoms with E-state index in [-0.39, 0.29) is 17.7 Å². The van der Waals surface area contributed by atoms with Gasteiger partial charge in [-0.25, -0.2) is 0 Å². The highest BCUT2D eigenvalue weighted by atomic mass is 16.1. The van der Waals surface area contributed by atoms with Gasteiger partial charge < -0.3 is 5.32 Å². The van der Waals surface area contributed by atoms with Crippen molar-refractivity contribution in [1.82, 2.24) is 5.32 Å². The molecule has 1 rings (SSSR count). The number of Topliss-reactive ketones (excluding diaryl/α,β-unsaturated/α-hetero) is 1. The smallest absolute Gasteiger partial charge is 0.220 e. The van der Waals surface area contributed by atoms with Crippen LogP contribution in [0.1, 0.15) is 40.0 Å². The van der Waals surface area contributed by atoms with E-state index in [4.69, 9.17) is 0 Å². The van der Waals surface area contributed by atoms with Gasteiger partial charge in [-0.3, -0.25) is 9.59 Å². The Kier molecular flexibility index (Phi) is 4.30. The highest BCUT2D eigenvalue weighted by molar-refractivity contribution is 5.84. The normalized spacial score (nSPS) is 26.0. The topological polar surface area (TPSA) is 46.2 Å². The zero-order chi connectivity index (χ0) is 11.4. The van der Waals surface area contributed by atoms with Crippen LogP contribution in [0.2, 0.25) is 0 Å². The lowest BCUT2D eigenvalue weighted by Gasteiger charge is -2.14. The summed E-state index contributed by atoms with van der Waals surface area (Å²) in [7, 11) is 0. The molecule has 0 aromatic rings. The van der Waals surface area contributed by atoms with E-state index in [0.29, 0.717) is 24.5 Å². The molecule has 1 N–H and O–H groups in total. The first-order valence-electron chi connectivity index (χ1n) is 5.80. The molecule has 1 aliphatic carbocycles. The van der Waals surface area contributed by atoms with E-state index < -0.39 is 0 Å². The zero-order valence-electron chi connectivity index (χ0n) is 9.88. The fourth-order valence-electron chi connectivity index (χ4n) is 1.98. The van der Waals surface area contributed by atoms with Crippen LogP contribution in [0, 0.1) is 17.8 Å². The molecule has 0 bridgehead atoms. The maximum absolute atomic E-state index is 11.5. The van der Waals surface area contributed by atoms with Gasteiger partial charge >= 0.3 is 0 Å². The summed E-state index contributed by atoms with van der Waals surface area (Å²) in [5.74, 6) is 1.24. The van der Waals surface area contributed by atoms with Crippen LogP contribution in [0.15, 0.2) is 0 Å². The van der Waals surface area contributed by atoms with Gasteiger partial charge in [0.2, 0.25) is 5.91 Å². The molecular formula is C12H21NO2. The van der Waals surface area contributed by atoms with E-state index in [1.807, 2.05) is 6.92 Å². The number of carbonyl (C=O) groups is 2. The Bertz CT molecular complexity index is 248. The average Bonchev–Trinajstić information content (AvgIpc) is 2.47. The number of rotatable bonds is 4. The number of ketones is 1. The van der Waals surface area contributed by atoms with Crippen LogP contribution in [0.3, 0.4) is 0 Å². The van der Waals surface area contributed by atoms with Crippen LogP contribution in [0.5, 0.6) is 0 Å². The van der Waals surface area contributed by atoms with E-state index in [9.17, 15) is 9.59 Å². The summed E-state index contributed by atoms with van der Waals surface area (Å²) in [6.45, 7) is 6.81. The Balaban J connectivity index is 2.29. The SMILES string of the molecule is CC(C)CNC(=O)C[C@@H]1CCC(=O)[C@@H]1C. The molecule has 1 saturated carbocycles. The van der Waals surface area contributed by atoms with Crippen LogP contribution >= 0.6 is 0 Å². The fourth-order valence-corrected chi connectivity index (χ4v) is 1.98. The second-order valence-electron chi connectivity index (χ2n) is 4.96. The van der Waals surface area contributed by atoms with Crippen molar-refractivity contribution < 1.29 is 9.59 Å². The molecule has 0 aromatic carbocycles. The minimum absolute atomic E-state index is 0.0785. The molecule has 0 heterocycles. The predicted molar refractivity (Wildman–Crippen MR) is 59.4 cm³/mol. The molecule has 0 aliphatic heterocycles. The minimum atomic E-state index is 0.0785. The Morgan fingerprint density at radius 1 is 1.53 bits per heavy atom. The first kappa shape index (κ1) is 12.2. The summed E-state index contributed by atoms with van der Waals surface area (Å²) < 4.78 is 0. The average molecular weight is 211 g/mol. The Labute approximate surface area is 91.6 Å². The van der Waals surface area contributed by atoms with E-state index in [2.05, 4.69) is 19.2 Å². The van der Waals surface area contributed by atoms with Gasteiger partial charge in [0.15, 0.2) is 0 Å². The predicted octanol–water partition coefficient (Wildman–Crippen LogP) is 1.76. The van der Waals surface area contributed by atoms with Crippen molar-refractivity contribution in [3.05, 3.63) is 0 Å². The summed E-state index contributed by atoms with van der Waals surface area (Å²) in [5.41, 5.74) is 0. The second-order valence-corrected chi connectivity index (χ2v) is 4.96. The lowest BCUT2D eigenvalue weighted by molar-refractivity contribution is -0.123. The molecule has 0 spiro atoms. The van der Waals surface area contributed by atoms with Gasteiger partial charge in [0, 0.05) is 25.3 Å². The van der Waals surface area contributed by atoms with Gasteiger partial charge in [-0.05, 0) is 18.3 Å². The first-order chi connectivity index (χ1) is 7.00.